The van der Waals surface area contributed by atoms with Gasteiger partial charge in [-0.2, -0.15) is 0 Å². The molecular formula is C23H18. The van der Waals surface area contributed by atoms with Crippen molar-refractivity contribution in [2.45, 2.75) is 0 Å². The summed E-state index contributed by atoms with van der Waals surface area (Å²) in [5.41, 5.74) is 1.29. The Morgan fingerprint density at radius 1 is 0.696 bits per heavy atom. The Labute approximate surface area is 136 Å². The fourth-order valence-electron chi connectivity index (χ4n) is 3.15. The van der Waals surface area contributed by atoms with E-state index in [1.807, 2.05) is 0 Å². The van der Waals surface area contributed by atoms with E-state index in [2.05, 4.69) is 103 Å². The third-order valence-corrected chi connectivity index (χ3v) is 4.30. The van der Waals surface area contributed by atoms with Gasteiger partial charge in [0.2, 0.25) is 0 Å². The lowest BCUT2D eigenvalue weighted by Crippen LogP contribution is -1.83. The molecule has 110 valence electrons. The Kier molecular flexibility index (Phi) is 3.65. The van der Waals surface area contributed by atoms with Crippen LogP contribution in [-0.4, -0.2) is 0 Å². The number of rotatable bonds is 3. The molecule has 0 N–H and O–H groups in total. The third kappa shape index (κ3) is 2.76. The SMILES string of the molecule is C1=CC(/C=C/C=C/c2c3ccccc3cc3ccccc23)C=C1. The molecule has 0 amide bonds. The van der Waals surface area contributed by atoms with E-state index >= 15 is 0 Å². The summed E-state index contributed by atoms with van der Waals surface area (Å²) in [6, 6.07) is 19.5. The molecule has 4 rings (SSSR count). The van der Waals surface area contributed by atoms with Crippen LogP contribution in [0.1, 0.15) is 5.56 Å². The summed E-state index contributed by atoms with van der Waals surface area (Å²) in [6.45, 7) is 0. The topological polar surface area (TPSA) is 0 Å². The predicted octanol–water partition coefficient (Wildman–Crippen LogP) is 6.30. The molecule has 0 aliphatic heterocycles. The van der Waals surface area contributed by atoms with Crippen LogP contribution in [0, 0.1) is 5.92 Å². The van der Waals surface area contributed by atoms with Crippen molar-refractivity contribution in [1.29, 1.82) is 0 Å². The number of hydrogen-bond donors (Lipinski definition) is 0. The highest BCUT2D eigenvalue weighted by Gasteiger charge is 2.04. The number of fused-ring (bicyclic) bond motifs is 2. The fraction of sp³-hybridized carbons (Fsp3) is 0.0435. The zero-order valence-corrected chi connectivity index (χ0v) is 12.9. The minimum atomic E-state index is 0.434. The van der Waals surface area contributed by atoms with Crippen molar-refractivity contribution in [3.05, 3.63) is 103 Å². The molecule has 3 aromatic rings. The lowest BCUT2D eigenvalue weighted by Gasteiger charge is -2.08. The second-order valence-corrected chi connectivity index (χ2v) is 5.82. The van der Waals surface area contributed by atoms with Gasteiger partial charge in [0.15, 0.2) is 0 Å². The van der Waals surface area contributed by atoms with Gasteiger partial charge in [0.25, 0.3) is 0 Å². The Bertz CT molecular complexity index is 902. The lowest BCUT2D eigenvalue weighted by atomic mass is 9.96. The van der Waals surface area contributed by atoms with Gasteiger partial charge in [-0.15, -0.1) is 0 Å². The second kappa shape index (κ2) is 6.10. The van der Waals surface area contributed by atoms with E-state index in [0.29, 0.717) is 5.92 Å². The lowest BCUT2D eigenvalue weighted by molar-refractivity contribution is 1.09. The van der Waals surface area contributed by atoms with Crippen LogP contribution in [0.15, 0.2) is 97.1 Å². The molecule has 0 atom stereocenters. The molecule has 1 aliphatic carbocycles. The first-order valence-corrected chi connectivity index (χ1v) is 8.02. The summed E-state index contributed by atoms with van der Waals surface area (Å²) in [4.78, 5) is 0. The monoisotopic (exact) mass is 294 g/mol. The number of allylic oxidation sites excluding steroid dienone is 7. The highest BCUT2D eigenvalue weighted by molar-refractivity contribution is 6.06. The van der Waals surface area contributed by atoms with Gasteiger partial charge in [-0.1, -0.05) is 97.1 Å². The van der Waals surface area contributed by atoms with Crippen LogP contribution in [0.2, 0.25) is 0 Å². The molecule has 0 radical (unpaired) electrons. The highest BCUT2D eigenvalue weighted by atomic mass is 14.1. The van der Waals surface area contributed by atoms with Crippen molar-refractivity contribution in [2.24, 2.45) is 5.92 Å². The molecule has 0 fully saturated rings. The van der Waals surface area contributed by atoms with Crippen LogP contribution in [0.3, 0.4) is 0 Å². The van der Waals surface area contributed by atoms with E-state index in [0.717, 1.165) is 0 Å². The minimum absolute atomic E-state index is 0.434. The van der Waals surface area contributed by atoms with Gasteiger partial charge in [0.05, 0.1) is 0 Å². The Morgan fingerprint density at radius 2 is 1.30 bits per heavy atom. The van der Waals surface area contributed by atoms with Gasteiger partial charge in [0, 0.05) is 5.92 Å². The Balaban J connectivity index is 1.79. The van der Waals surface area contributed by atoms with Crippen molar-refractivity contribution in [2.75, 3.05) is 0 Å². The van der Waals surface area contributed by atoms with Crippen LogP contribution < -0.4 is 0 Å². The summed E-state index contributed by atoms with van der Waals surface area (Å²) < 4.78 is 0. The van der Waals surface area contributed by atoms with Gasteiger partial charge in [-0.3, -0.25) is 0 Å². The zero-order valence-electron chi connectivity index (χ0n) is 12.9. The van der Waals surface area contributed by atoms with Gasteiger partial charge >= 0.3 is 0 Å². The smallest absolute Gasteiger partial charge is 0.0136 e. The molecule has 1 aliphatic rings. The average molecular weight is 294 g/mol. The van der Waals surface area contributed by atoms with Crippen molar-refractivity contribution in [1.82, 2.24) is 0 Å². The van der Waals surface area contributed by atoms with E-state index in [4.69, 9.17) is 0 Å². The first-order valence-electron chi connectivity index (χ1n) is 8.02. The maximum Gasteiger partial charge on any atom is 0.0136 e. The summed E-state index contributed by atoms with van der Waals surface area (Å²) in [7, 11) is 0. The van der Waals surface area contributed by atoms with Crippen molar-refractivity contribution in [3.8, 4) is 0 Å². The van der Waals surface area contributed by atoms with Crippen molar-refractivity contribution in [3.63, 3.8) is 0 Å². The molecular weight excluding hydrogens is 276 g/mol. The van der Waals surface area contributed by atoms with E-state index in [1.165, 1.54) is 27.1 Å². The van der Waals surface area contributed by atoms with Crippen molar-refractivity contribution < 1.29 is 0 Å². The van der Waals surface area contributed by atoms with Gasteiger partial charge in [0.1, 0.15) is 0 Å². The molecule has 0 heteroatoms. The third-order valence-electron chi connectivity index (χ3n) is 4.30. The van der Waals surface area contributed by atoms with Crippen LogP contribution in [-0.2, 0) is 0 Å². The average Bonchev–Trinajstić information content (AvgIpc) is 3.11. The fourth-order valence-corrected chi connectivity index (χ4v) is 3.15. The Hall–Kier alpha value is -2.86. The molecule has 0 spiro atoms. The summed E-state index contributed by atoms with van der Waals surface area (Å²) in [6.07, 6.45) is 17.3. The summed E-state index contributed by atoms with van der Waals surface area (Å²) in [5, 5.41) is 5.18. The van der Waals surface area contributed by atoms with Crippen LogP contribution in [0.4, 0.5) is 0 Å². The van der Waals surface area contributed by atoms with E-state index in [1.54, 1.807) is 0 Å². The normalized spacial score (nSPS) is 15.0. The molecule has 0 unspecified atom stereocenters. The molecule has 0 nitrogen and oxygen atoms in total. The number of hydrogen-bond acceptors (Lipinski definition) is 0. The molecule has 0 bridgehead atoms. The van der Waals surface area contributed by atoms with Crippen LogP contribution in [0.25, 0.3) is 27.6 Å². The minimum Gasteiger partial charge on any atom is -0.0738 e. The summed E-state index contributed by atoms with van der Waals surface area (Å²) in [5.74, 6) is 0.434. The maximum atomic E-state index is 2.27. The molecule has 23 heavy (non-hydrogen) atoms. The Morgan fingerprint density at radius 3 is 1.96 bits per heavy atom. The summed E-state index contributed by atoms with van der Waals surface area (Å²) >= 11 is 0. The van der Waals surface area contributed by atoms with Gasteiger partial charge in [-0.25, -0.2) is 0 Å². The van der Waals surface area contributed by atoms with E-state index < -0.39 is 0 Å². The van der Waals surface area contributed by atoms with Gasteiger partial charge in [-0.05, 0) is 33.2 Å². The molecule has 0 saturated heterocycles. The van der Waals surface area contributed by atoms with Crippen LogP contribution >= 0.6 is 0 Å². The molecule has 0 heterocycles. The van der Waals surface area contributed by atoms with Gasteiger partial charge < -0.3 is 0 Å². The second-order valence-electron chi connectivity index (χ2n) is 5.82. The predicted molar refractivity (Wildman–Crippen MR) is 101 cm³/mol. The molecule has 0 saturated carbocycles. The maximum absolute atomic E-state index is 2.27. The molecule has 3 aromatic carbocycles. The van der Waals surface area contributed by atoms with Crippen molar-refractivity contribution >= 4 is 27.6 Å². The first kappa shape index (κ1) is 13.8. The first-order chi connectivity index (χ1) is 11.4. The highest BCUT2D eigenvalue weighted by Crippen LogP contribution is 2.29. The zero-order chi connectivity index (χ0) is 15.5. The number of benzene rings is 3. The largest absolute Gasteiger partial charge is 0.0738 e. The van der Waals surface area contributed by atoms with E-state index in [9.17, 15) is 0 Å². The molecule has 0 aromatic heterocycles. The quantitative estimate of drug-likeness (QED) is 0.392. The van der Waals surface area contributed by atoms with Crippen LogP contribution in [0.5, 0.6) is 0 Å². The van der Waals surface area contributed by atoms with E-state index in [-0.39, 0.29) is 0 Å². The standard InChI is InChI=1S/C23H18/c1-2-10-18(9-1)11-3-6-16-23-21-14-7-4-12-19(21)17-20-13-5-8-15-22(20)23/h1-18H/b11-3+,16-6+.